The van der Waals surface area contributed by atoms with Gasteiger partial charge < -0.3 is 5.32 Å². The highest BCUT2D eigenvalue weighted by molar-refractivity contribution is 7.99. The van der Waals surface area contributed by atoms with Crippen LogP contribution >= 0.6 is 23.3 Å². The van der Waals surface area contributed by atoms with Gasteiger partial charge in [-0.2, -0.15) is 9.36 Å². The van der Waals surface area contributed by atoms with Crippen LogP contribution in [-0.4, -0.2) is 21.0 Å². The predicted molar refractivity (Wildman–Crippen MR) is 53.8 cm³/mol. The van der Waals surface area contributed by atoms with Crippen LogP contribution < -0.4 is 5.32 Å². The summed E-state index contributed by atoms with van der Waals surface area (Å²) < 4.78 is 3.99. The van der Waals surface area contributed by atoms with Crippen molar-refractivity contribution < 1.29 is 4.79 Å². The van der Waals surface area contributed by atoms with Gasteiger partial charge in [-0.15, -0.1) is 6.42 Å². The highest BCUT2D eigenvalue weighted by Gasteiger charge is 2.04. The molecule has 1 N–H and O–H groups in total. The number of thioether (sulfide) groups is 1. The lowest BCUT2D eigenvalue weighted by molar-refractivity contribution is -0.114. The fourth-order valence-electron chi connectivity index (χ4n) is 0.576. The maximum absolute atomic E-state index is 10.6. The summed E-state index contributed by atoms with van der Waals surface area (Å²) in [5.41, 5.74) is 0. The molecule has 0 fully saturated rings. The molecule has 1 aromatic rings. The molecule has 4 nitrogen and oxygen atoms in total. The van der Waals surface area contributed by atoms with Gasteiger partial charge in [-0.1, -0.05) is 17.7 Å². The number of anilines is 1. The van der Waals surface area contributed by atoms with E-state index in [1.807, 2.05) is 0 Å². The van der Waals surface area contributed by atoms with E-state index in [4.69, 9.17) is 6.42 Å². The van der Waals surface area contributed by atoms with E-state index in [1.54, 1.807) is 0 Å². The van der Waals surface area contributed by atoms with Gasteiger partial charge in [-0.3, -0.25) is 4.79 Å². The molecule has 0 radical (unpaired) electrons. The highest BCUT2D eigenvalue weighted by Crippen LogP contribution is 2.19. The first-order valence-electron chi connectivity index (χ1n) is 3.40. The summed E-state index contributed by atoms with van der Waals surface area (Å²) in [6, 6.07) is 0. The third-order valence-corrected chi connectivity index (χ3v) is 2.47. The average Bonchev–Trinajstić information content (AvgIpc) is 2.48. The van der Waals surface area contributed by atoms with Crippen LogP contribution in [0.4, 0.5) is 5.13 Å². The van der Waals surface area contributed by atoms with E-state index in [-0.39, 0.29) is 5.91 Å². The van der Waals surface area contributed by atoms with E-state index in [1.165, 1.54) is 18.7 Å². The molecule has 6 heteroatoms. The molecule has 0 aliphatic carbocycles. The molecule has 1 heterocycles. The summed E-state index contributed by atoms with van der Waals surface area (Å²) in [6.45, 7) is 1.43. The number of terminal acetylenes is 1. The van der Waals surface area contributed by atoms with Crippen molar-refractivity contribution in [2.24, 2.45) is 0 Å². The minimum atomic E-state index is -0.148. The van der Waals surface area contributed by atoms with Gasteiger partial charge in [0, 0.05) is 18.5 Å². The molecule has 13 heavy (non-hydrogen) atoms. The molecular weight excluding hydrogens is 206 g/mol. The summed E-state index contributed by atoms with van der Waals surface area (Å²) in [7, 11) is 0. The Morgan fingerprint density at radius 1 is 1.85 bits per heavy atom. The zero-order chi connectivity index (χ0) is 9.68. The molecule has 1 aromatic heterocycles. The molecule has 0 saturated heterocycles. The van der Waals surface area contributed by atoms with Crippen LogP contribution in [0.3, 0.4) is 0 Å². The van der Waals surface area contributed by atoms with E-state index >= 15 is 0 Å². The fourth-order valence-corrected chi connectivity index (χ4v) is 1.85. The molecule has 0 aliphatic rings. The highest BCUT2D eigenvalue weighted by atomic mass is 32.2. The number of nitrogens with one attached hydrogen (secondary N) is 1. The Bertz CT molecular complexity index is 342. The largest absolute Gasteiger partial charge is 0.301 e. The van der Waals surface area contributed by atoms with Crippen molar-refractivity contribution in [2.45, 2.75) is 12.1 Å². The zero-order valence-corrected chi connectivity index (χ0v) is 8.54. The second kappa shape index (κ2) is 4.84. The quantitative estimate of drug-likeness (QED) is 0.606. The zero-order valence-electron chi connectivity index (χ0n) is 6.90. The molecule has 0 saturated carbocycles. The molecular formula is C7H7N3OS2. The molecule has 0 atom stereocenters. The Morgan fingerprint density at radius 2 is 2.62 bits per heavy atom. The lowest BCUT2D eigenvalue weighted by atomic mass is 10.7. The Kier molecular flexibility index (Phi) is 3.73. The Balaban J connectivity index is 2.54. The van der Waals surface area contributed by atoms with Gasteiger partial charge in [0.05, 0.1) is 5.75 Å². The molecule has 0 spiro atoms. The van der Waals surface area contributed by atoms with Crippen molar-refractivity contribution in [3.05, 3.63) is 0 Å². The van der Waals surface area contributed by atoms with Gasteiger partial charge >= 0.3 is 0 Å². The van der Waals surface area contributed by atoms with E-state index in [0.717, 1.165) is 11.5 Å². The smallest absolute Gasteiger partial charge is 0.223 e. The number of rotatable bonds is 3. The summed E-state index contributed by atoms with van der Waals surface area (Å²) in [6.07, 6.45) is 5.07. The maximum atomic E-state index is 10.6. The first-order valence-corrected chi connectivity index (χ1v) is 5.16. The van der Waals surface area contributed by atoms with Crippen molar-refractivity contribution in [3.63, 3.8) is 0 Å². The molecule has 0 bridgehead atoms. The molecule has 1 rings (SSSR count). The third-order valence-electron chi connectivity index (χ3n) is 0.975. The van der Waals surface area contributed by atoms with E-state index in [2.05, 4.69) is 20.6 Å². The van der Waals surface area contributed by atoms with Crippen LogP contribution in [-0.2, 0) is 4.79 Å². The van der Waals surface area contributed by atoms with E-state index < -0.39 is 0 Å². The van der Waals surface area contributed by atoms with Gasteiger partial charge in [0.25, 0.3) is 0 Å². The van der Waals surface area contributed by atoms with Crippen LogP contribution in [0, 0.1) is 12.3 Å². The molecule has 0 unspecified atom stereocenters. The first kappa shape index (κ1) is 10.0. The van der Waals surface area contributed by atoms with Gasteiger partial charge in [0.1, 0.15) is 0 Å². The molecule has 1 amide bonds. The van der Waals surface area contributed by atoms with Crippen LogP contribution in [0.5, 0.6) is 0 Å². The van der Waals surface area contributed by atoms with Crippen LogP contribution in [0.2, 0.25) is 0 Å². The second-order valence-corrected chi connectivity index (χ2v) is 3.75. The van der Waals surface area contributed by atoms with Gasteiger partial charge in [0.2, 0.25) is 16.2 Å². The SMILES string of the molecule is C#CCSc1nsc(NC(C)=O)n1. The van der Waals surface area contributed by atoms with Crippen molar-refractivity contribution >= 4 is 34.3 Å². The monoisotopic (exact) mass is 213 g/mol. The summed E-state index contributed by atoms with van der Waals surface area (Å²) in [5.74, 6) is 2.86. The lowest BCUT2D eigenvalue weighted by Gasteiger charge is -1.91. The minimum absolute atomic E-state index is 0.148. The average molecular weight is 213 g/mol. The lowest BCUT2D eigenvalue weighted by Crippen LogP contribution is -2.04. The summed E-state index contributed by atoms with van der Waals surface area (Å²) >= 11 is 2.51. The van der Waals surface area contributed by atoms with E-state index in [9.17, 15) is 4.79 Å². The standard InChI is InChI=1S/C7H7N3OS2/c1-3-4-12-7-9-6(13-10-7)8-5(2)11/h1H,4H2,2H3,(H,8,9,10,11). The number of nitrogens with zero attached hydrogens (tertiary/aromatic N) is 2. The van der Waals surface area contributed by atoms with Crippen LogP contribution in [0.15, 0.2) is 5.16 Å². The van der Waals surface area contributed by atoms with Crippen LogP contribution in [0.25, 0.3) is 0 Å². The Labute approximate surface area is 84.3 Å². The summed E-state index contributed by atoms with van der Waals surface area (Å²) in [5, 5.41) is 3.65. The van der Waals surface area contributed by atoms with Gasteiger partial charge in [0.15, 0.2) is 0 Å². The predicted octanol–water partition coefficient (Wildman–Crippen LogP) is 1.22. The van der Waals surface area contributed by atoms with Crippen molar-refractivity contribution in [2.75, 3.05) is 11.1 Å². The van der Waals surface area contributed by atoms with Crippen molar-refractivity contribution in [1.29, 1.82) is 0 Å². The normalized spacial score (nSPS) is 9.23. The number of hydrogen-bond acceptors (Lipinski definition) is 5. The Hall–Kier alpha value is -1.06. The topological polar surface area (TPSA) is 54.9 Å². The van der Waals surface area contributed by atoms with Crippen molar-refractivity contribution in [1.82, 2.24) is 9.36 Å². The fraction of sp³-hybridized carbons (Fsp3) is 0.286. The second-order valence-electron chi connectivity index (χ2n) is 2.06. The molecule has 0 aliphatic heterocycles. The molecule has 68 valence electrons. The van der Waals surface area contributed by atoms with E-state index in [0.29, 0.717) is 16.0 Å². The third kappa shape index (κ3) is 3.44. The van der Waals surface area contributed by atoms with Crippen LogP contribution in [0.1, 0.15) is 6.92 Å². The molecule has 0 aromatic carbocycles. The number of hydrogen-bond donors (Lipinski definition) is 1. The maximum Gasteiger partial charge on any atom is 0.223 e. The number of carbonyl (C=O) groups excluding carboxylic acids is 1. The minimum Gasteiger partial charge on any atom is -0.301 e. The summed E-state index contributed by atoms with van der Waals surface area (Å²) in [4.78, 5) is 14.7. The van der Waals surface area contributed by atoms with Crippen molar-refractivity contribution in [3.8, 4) is 12.3 Å². The van der Waals surface area contributed by atoms with Gasteiger partial charge in [-0.05, 0) is 0 Å². The number of aromatic nitrogens is 2. The number of amides is 1. The first-order chi connectivity index (χ1) is 6.22. The van der Waals surface area contributed by atoms with Gasteiger partial charge in [-0.25, -0.2) is 0 Å². The number of carbonyl (C=O) groups is 1. The Morgan fingerprint density at radius 3 is 3.23 bits per heavy atom.